The predicted octanol–water partition coefficient (Wildman–Crippen LogP) is 3.69. The van der Waals surface area contributed by atoms with E-state index in [1.807, 2.05) is 13.8 Å². The first kappa shape index (κ1) is 20.5. The van der Waals surface area contributed by atoms with Crippen molar-refractivity contribution in [2.75, 3.05) is 20.2 Å². The Kier molecular flexibility index (Phi) is 4.55. The number of ketones is 2. The average molecular weight is 435 g/mol. The van der Waals surface area contributed by atoms with Crippen molar-refractivity contribution >= 4 is 17.5 Å². The zero-order valence-corrected chi connectivity index (χ0v) is 18.4. The van der Waals surface area contributed by atoms with Crippen LogP contribution in [-0.2, 0) is 0 Å². The van der Waals surface area contributed by atoms with Gasteiger partial charge in [-0.1, -0.05) is 0 Å². The fraction of sp³-hybridized carbons (Fsp3) is 0.400. The number of nitrogens with zero attached hydrogens (tertiary/aromatic N) is 1. The molecular weight excluding hydrogens is 410 g/mol. The van der Waals surface area contributed by atoms with Crippen molar-refractivity contribution in [3.8, 4) is 17.2 Å². The summed E-state index contributed by atoms with van der Waals surface area (Å²) in [5, 5.41) is 0. The Labute approximate surface area is 186 Å². The number of methoxy groups -OCH3 is 1. The lowest BCUT2D eigenvalue weighted by Crippen LogP contribution is -2.45. The number of fused-ring (bicyclic) bond motifs is 2. The molecule has 0 aromatic heterocycles. The van der Waals surface area contributed by atoms with Crippen LogP contribution >= 0.6 is 0 Å². The molecule has 3 aliphatic rings. The van der Waals surface area contributed by atoms with Gasteiger partial charge >= 0.3 is 0 Å². The van der Waals surface area contributed by atoms with Crippen molar-refractivity contribution in [2.24, 2.45) is 0 Å². The minimum atomic E-state index is -0.731. The van der Waals surface area contributed by atoms with Gasteiger partial charge in [-0.3, -0.25) is 14.4 Å². The maximum Gasteiger partial charge on any atom is 0.254 e. The number of amides is 1. The van der Waals surface area contributed by atoms with Gasteiger partial charge in [0.25, 0.3) is 5.91 Å². The van der Waals surface area contributed by atoms with E-state index in [4.69, 9.17) is 14.2 Å². The van der Waals surface area contributed by atoms with E-state index < -0.39 is 11.2 Å². The van der Waals surface area contributed by atoms with Crippen molar-refractivity contribution in [2.45, 2.75) is 44.3 Å². The molecule has 0 radical (unpaired) electrons. The topological polar surface area (TPSA) is 82.1 Å². The highest BCUT2D eigenvalue weighted by molar-refractivity contribution is 6.04. The molecule has 0 N–H and O–H groups in total. The molecule has 166 valence electrons. The van der Waals surface area contributed by atoms with Gasteiger partial charge in [0.2, 0.25) is 0 Å². The highest BCUT2D eigenvalue weighted by Crippen LogP contribution is 2.40. The maximum absolute atomic E-state index is 13.2. The molecule has 0 saturated carbocycles. The summed E-state index contributed by atoms with van der Waals surface area (Å²) in [7, 11) is 1.55. The predicted molar refractivity (Wildman–Crippen MR) is 116 cm³/mol. The highest BCUT2D eigenvalue weighted by Gasteiger charge is 2.47. The van der Waals surface area contributed by atoms with Crippen molar-refractivity contribution in [3.63, 3.8) is 0 Å². The minimum Gasteiger partial charge on any atom is -0.497 e. The van der Waals surface area contributed by atoms with Gasteiger partial charge in [-0.15, -0.1) is 0 Å². The van der Waals surface area contributed by atoms with Crippen LogP contribution < -0.4 is 14.2 Å². The largest absolute Gasteiger partial charge is 0.497 e. The van der Waals surface area contributed by atoms with E-state index in [1.54, 1.807) is 48.4 Å². The summed E-state index contributed by atoms with van der Waals surface area (Å²) in [4.78, 5) is 40.3. The smallest absolute Gasteiger partial charge is 0.254 e. The van der Waals surface area contributed by atoms with E-state index in [2.05, 4.69) is 0 Å². The Balaban J connectivity index is 1.36. The fourth-order valence-corrected chi connectivity index (χ4v) is 4.81. The monoisotopic (exact) mass is 435 g/mol. The zero-order valence-electron chi connectivity index (χ0n) is 18.4. The Bertz CT molecular complexity index is 1150. The zero-order chi connectivity index (χ0) is 22.7. The molecule has 1 unspecified atom stereocenters. The highest BCUT2D eigenvalue weighted by atomic mass is 16.5. The van der Waals surface area contributed by atoms with Crippen LogP contribution in [-0.4, -0.2) is 53.8 Å². The number of Topliss-reactive ketones (excluding diaryl/α,β-unsaturated/α-hetero) is 2. The molecule has 1 saturated heterocycles. The van der Waals surface area contributed by atoms with E-state index in [-0.39, 0.29) is 30.3 Å². The number of carbonyl (C=O) groups is 3. The summed E-state index contributed by atoms with van der Waals surface area (Å²) in [5.74, 6) is 1.41. The third-order valence-corrected chi connectivity index (χ3v) is 6.40. The summed E-state index contributed by atoms with van der Waals surface area (Å²) in [5.41, 5.74) is 0.102. The number of benzene rings is 2. The molecule has 2 aromatic rings. The van der Waals surface area contributed by atoms with Crippen LogP contribution in [0.2, 0.25) is 0 Å². The second kappa shape index (κ2) is 7.08. The van der Waals surface area contributed by atoms with Gasteiger partial charge in [0, 0.05) is 18.5 Å². The first-order valence-electron chi connectivity index (χ1n) is 10.7. The lowest BCUT2D eigenvalue weighted by atomic mass is 9.89. The van der Waals surface area contributed by atoms with Gasteiger partial charge in [-0.2, -0.15) is 0 Å². The minimum absolute atomic E-state index is 0.0152. The molecule has 1 amide bonds. The Hall–Kier alpha value is -3.35. The van der Waals surface area contributed by atoms with Crippen molar-refractivity contribution in [1.29, 1.82) is 0 Å². The van der Waals surface area contributed by atoms with Crippen LogP contribution in [0.15, 0.2) is 36.4 Å². The molecule has 5 rings (SSSR count). The molecular formula is C25H25NO6. The van der Waals surface area contributed by atoms with Gasteiger partial charge in [-0.05, 0) is 50.2 Å². The van der Waals surface area contributed by atoms with Crippen molar-refractivity contribution in [3.05, 3.63) is 53.1 Å². The lowest BCUT2D eigenvalue weighted by molar-refractivity contribution is 0.0426. The number of rotatable bonds is 2. The summed E-state index contributed by atoms with van der Waals surface area (Å²) in [6.45, 7) is 4.54. The molecule has 0 bridgehead atoms. The van der Waals surface area contributed by atoms with E-state index in [9.17, 15) is 14.4 Å². The molecule has 1 spiro atoms. The number of likely N-dealkylation sites (tertiary alicyclic amines) is 1. The molecule has 1 fully saturated rings. The van der Waals surface area contributed by atoms with Crippen molar-refractivity contribution in [1.82, 2.24) is 4.90 Å². The van der Waals surface area contributed by atoms with Gasteiger partial charge < -0.3 is 19.1 Å². The second-order valence-electron chi connectivity index (χ2n) is 9.40. The first-order chi connectivity index (χ1) is 15.2. The number of carbonyl (C=O) groups excluding carboxylic acids is 3. The van der Waals surface area contributed by atoms with E-state index in [1.165, 1.54) is 0 Å². The molecule has 0 aliphatic carbocycles. The van der Waals surface area contributed by atoms with Crippen LogP contribution in [0.25, 0.3) is 0 Å². The molecule has 1 atom stereocenters. The van der Waals surface area contributed by atoms with E-state index in [0.29, 0.717) is 53.4 Å². The van der Waals surface area contributed by atoms with Crippen LogP contribution in [0.5, 0.6) is 17.2 Å². The second-order valence-corrected chi connectivity index (χ2v) is 9.40. The average Bonchev–Trinajstić information content (AvgIpc) is 3.15. The normalized spacial score (nSPS) is 23.3. The Morgan fingerprint density at radius 1 is 0.969 bits per heavy atom. The summed E-state index contributed by atoms with van der Waals surface area (Å²) in [6, 6.07) is 10.2. The van der Waals surface area contributed by atoms with Crippen LogP contribution in [0.1, 0.15) is 64.2 Å². The van der Waals surface area contributed by atoms with E-state index in [0.717, 1.165) is 0 Å². The first-order valence-corrected chi connectivity index (χ1v) is 10.7. The lowest BCUT2D eigenvalue weighted by Gasteiger charge is -2.34. The summed E-state index contributed by atoms with van der Waals surface area (Å²) < 4.78 is 17.4. The molecule has 3 heterocycles. The number of hydrogen-bond donors (Lipinski definition) is 0. The fourth-order valence-electron chi connectivity index (χ4n) is 4.81. The van der Waals surface area contributed by atoms with Gasteiger partial charge in [0.05, 0.1) is 37.6 Å². The standard InChI is InChI=1S/C25H25NO6/c1-24(2)12-19(27)17-10-15(4-6-21(17)31-24)23(29)26-9-8-25(14-26)13-20(28)18-11-16(30-3)5-7-22(18)32-25/h4-7,10-11H,8-9,12-14H2,1-3H3. The molecule has 32 heavy (non-hydrogen) atoms. The molecule has 7 heteroatoms. The van der Waals surface area contributed by atoms with Gasteiger partial charge in [0.15, 0.2) is 11.6 Å². The van der Waals surface area contributed by atoms with Gasteiger partial charge in [-0.25, -0.2) is 0 Å². The molecule has 2 aromatic carbocycles. The van der Waals surface area contributed by atoms with Crippen molar-refractivity contribution < 1.29 is 28.6 Å². The maximum atomic E-state index is 13.2. The van der Waals surface area contributed by atoms with Crippen LogP contribution in [0.4, 0.5) is 0 Å². The third-order valence-electron chi connectivity index (χ3n) is 6.40. The number of hydrogen-bond acceptors (Lipinski definition) is 6. The van der Waals surface area contributed by atoms with Gasteiger partial charge in [0.1, 0.15) is 28.5 Å². The summed E-state index contributed by atoms with van der Waals surface area (Å²) >= 11 is 0. The number of ether oxygens (including phenoxy) is 3. The third kappa shape index (κ3) is 3.42. The Morgan fingerprint density at radius 3 is 2.44 bits per heavy atom. The quantitative estimate of drug-likeness (QED) is 0.716. The van der Waals surface area contributed by atoms with Crippen LogP contribution in [0, 0.1) is 0 Å². The molecule has 3 aliphatic heterocycles. The molecule has 7 nitrogen and oxygen atoms in total. The SMILES string of the molecule is COc1ccc2c(c1)C(=O)CC1(CCN(C(=O)c3ccc4c(c3)C(=O)CC(C)(C)O4)C1)O2. The summed E-state index contributed by atoms with van der Waals surface area (Å²) in [6.07, 6.45) is 1.05. The Morgan fingerprint density at radius 2 is 1.66 bits per heavy atom. The van der Waals surface area contributed by atoms with Crippen LogP contribution in [0.3, 0.4) is 0 Å². The van der Waals surface area contributed by atoms with E-state index >= 15 is 0 Å².